The molecule has 10 nitrogen and oxygen atoms in total. The van der Waals surface area contributed by atoms with Crippen molar-refractivity contribution in [3.8, 4) is 22.5 Å². The van der Waals surface area contributed by atoms with Crippen LogP contribution < -0.4 is 11.3 Å². The maximum atomic E-state index is 14.3. The zero-order chi connectivity index (χ0) is 28.6. The lowest BCUT2D eigenvalue weighted by molar-refractivity contribution is -0.0691. The number of hydrogen-bond donors (Lipinski definition) is 1. The van der Waals surface area contributed by atoms with Gasteiger partial charge in [-0.3, -0.25) is 18.9 Å². The van der Waals surface area contributed by atoms with Crippen molar-refractivity contribution in [2.75, 3.05) is 6.61 Å². The highest BCUT2D eigenvalue weighted by molar-refractivity contribution is 5.80. The third-order valence-electron chi connectivity index (χ3n) is 7.90. The van der Waals surface area contributed by atoms with Crippen molar-refractivity contribution in [3.05, 3.63) is 92.6 Å². The number of aromatic nitrogens is 6. The van der Waals surface area contributed by atoms with Crippen LogP contribution in [0.3, 0.4) is 0 Å². The van der Waals surface area contributed by atoms with Gasteiger partial charge >= 0.3 is 5.76 Å². The Morgan fingerprint density at radius 1 is 1.07 bits per heavy atom. The molecule has 10 heteroatoms. The number of aryl methyl sites for hydroxylation is 1. The number of benzene rings is 2. The summed E-state index contributed by atoms with van der Waals surface area (Å²) < 4.78 is 14.4. The van der Waals surface area contributed by atoms with E-state index >= 15 is 0 Å². The van der Waals surface area contributed by atoms with Gasteiger partial charge in [0.05, 0.1) is 11.3 Å². The van der Waals surface area contributed by atoms with Crippen LogP contribution in [0.15, 0.2) is 69.0 Å². The molecule has 2 aromatic carbocycles. The molecule has 0 radical (unpaired) electrons. The molecule has 1 aliphatic rings. The molecule has 1 N–H and O–H groups in total. The molecule has 3 aromatic heterocycles. The van der Waals surface area contributed by atoms with Gasteiger partial charge in [0.1, 0.15) is 6.33 Å². The number of rotatable bonds is 8. The number of ether oxygens (including phenoxy) is 1. The van der Waals surface area contributed by atoms with Gasteiger partial charge in [-0.15, -0.1) is 0 Å². The molecule has 5 aromatic rings. The standard InChI is InChI=1S/C31H34N6O4/c1-4-5-10-26-25(28(38)36(29-32-19-33-37(26)29)22-15-16-40-31(2,3)18-22)17-20-11-13-21(14-12-20)23-8-6-7-9-24(23)27-34-30(39)41-35-27/h6-9,11-14,19,22H,4-5,10,15-18H2,1-3H3,(H,34,35,39). The van der Waals surface area contributed by atoms with Gasteiger partial charge in [0.15, 0.2) is 5.82 Å². The van der Waals surface area contributed by atoms with Gasteiger partial charge in [0.25, 0.3) is 5.56 Å². The molecule has 1 saturated heterocycles. The molecule has 4 heterocycles. The van der Waals surface area contributed by atoms with E-state index < -0.39 is 5.76 Å². The van der Waals surface area contributed by atoms with Crippen LogP contribution in [0.2, 0.25) is 0 Å². The SMILES string of the molecule is CCCCc1c(Cc2ccc(-c3ccccc3-c3noc(=O)[nH]3)cc2)c(=O)n(C2CCOC(C)(C)C2)c2ncnn12. The minimum absolute atomic E-state index is 0.00344. The van der Waals surface area contributed by atoms with Gasteiger partial charge in [-0.1, -0.05) is 67.0 Å². The summed E-state index contributed by atoms with van der Waals surface area (Å²) >= 11 is 0. The van der Waals surface area contributed by atoms with Crippen molar-refractivity contribution in [1.82, 2.24) is 29.3 Å². The Labute approximate surface area is 237 Å². The highest BCUT2D eigenvalue weighted by atomic mass is 16.5. The van der Waals surface area contributed by atoms with E-state index in [9.17, 15) is 9.59 Å². The Kier molecular flexibility index (Phi) is 7.17. The van der Waals surface area contributed by atoms with Crippen molar-refractivity contribution < 1.29 is 9.26 Å². The van der Waals surface area contributed by atoms with Gasteiger partial charge < -0.3 is 4.74 Å². The summed E-state index contributed by atoms with van der Waals surface area (Å²) in [5.74, 6) is 0.391. The van der Waals surface area contributed by atoms with Crippen LogP contribution in [0.4, 0.5) is 0 Å². The third kappa shape index (κ3) is 5.27. The van der Waals surface area contributed by atoms with Gasteiger partial charge in [-0.2, -0.15) is 10.1 Å². The number of H-pyrrole nitrogens is 1. The van der Waals surface area contributed by atoms with Crippen LogP contribution in [0, 0.1) is 0 Å². The Morgan fingerprint density at radius 2 is 1.85 bits per heavy atom. The number of nitrogens with zero attached hydrogens (tertiary/aromatic N) is 5. The van der Waals surface area contributed by atoms with E-state index in [1.54, 1.807) is 6.33 Å². The van der Waals surface area contributed by atoms with E-state index in [1.807, 2.05) is 57.6 Å². The van der Waals surface area contributed by atoms with Gasteiger partial charge in [-0.05, 0) is 56.2 Å². The number of nitrogens with one attached hydrogen (secondary N) is 1. The van der Waals surface area contributed by atoms with Gasteiger partial charge in [-0.25, -0.2) is 9.31 Å². The summed E-state index contributed by atoms with van der Waals surface area (Å²) in [6, 6.07) is 15.9. The van der Waals surface area contributed by atoms with Crippen LogP contribution >= 0.6 is 0 Å². The van der Waals surface area contributed by atoms with E-state index in [0.717, 1.165) is 65.6 Å². The van der Waals surface area contributed by atoms with E-state index in [4.69, 9.17) is 9.26 Å². The van der Waals surface area contributed by atoms with E-state index in [2.05, 4.69) is 41.0 Å². The maximum absolute atomic E-state index is 14.3. The largest absolute Gasteiger partial charge is 0.439 e. The normalized spacial score (nSPS) is 16.8. The molecule has 0 saturated carbocycles. The summed E-state index contributed by atoms with van der Waals surface area (Å²) in [5.41, 5.74) is 5.05. The number of aromatic amines is 1. The summed E-state index contributed by atoms with van der Waals surface area (Å²) in [5, 5.41) is 8.44. The average Bonchev–Trinajstić information content (AvgIpc) is 3.62. The zero-order valence-corrected chi connectivity index (χ0v) is 23.6. The van der Waals surface area contributed by atoms with E-state index in [0.29, 0.717) is 24.6 Å². The molecule has 41 heavy (non-hydrogen) atoms. The fourth-order valence-electron chi connectivity index (χ4n) is 5.90. The zero-order valence-electron chi connectivity index (χ0n) is 23.6. The molecule has 0 bridgehead atoms. The summed E-state index contributed by atoms with van der Waals surface area (Å²) in [6.07, 6.45) is 6.23. The molecular formula is C31H34N6O4. The maximum Gasteiger partial charge on any atom is 0.439 e. The smallest absolute Gasteiger partial charge is 0.375 e. The lowest BCUT2D eigenvalue weighted by atomic mass is 9.93. The minimum Gasteiger partial charge on any atom is -0.375 e. The van der Waals surface area contributed by atoms with E-state index in [1.165, 1.54) is 0 Å². The molecule has 0 aliphatic carbocycles. The third-order valence-corrected chi connectivity index (χ3v) is 7.90. The van der Waals surface area contributed by atoms with Crippen LogP contribution in [0.5, 0.6) is 0 Å². The quantitative estimate of drug-likeness (QED) is 0.288. The van der Waals surface area contributed by atoms with Crippen LogP contribution in [-0.4, -0.2) is 41.5 Å². The summed E-state index contributed by atoms with van der Waals surface area (Å²) in [7, 11) is 0. The first-order chi connectivity index (χ1) is 19.8. The molecule has 1 unspecified atom stereocenters. The average molecular weight is 555 g/mol. The Balaban J connectivity index is 1.40. The molecule has 1 fully saturated rings. The highest BCUT2D eigenvalue weighted by Gasteiger charge is 2.33. The highest BCUT2D eigenvalue weighted by Crippen LogP contribution is 2.33. The van der Waals surface area contributed by atoms with Crippen molar-refractivity contribution in [3.63, 3.8) is 0 Å². The second kappa shape index (κ2) is 10.9. The van der Waals surface area contributed by atoms with Crippen LogP contribution in [0.1, 0.15) is 69.3 Å². The van der Waals surface area contributed by atoms with Crippen LogP contribution in [-0.2, 0) is 17.6 Å². The molecular weight excluding hydrogens is 520 g/mol. The summed E-state index contributed by atoms with van der Waals surface area (Å²) in [4.78, 5) is 33.0. The van der Waals surface area contributed by atoms with Gasteiger partial charge in [0, 0.05) is 30.2 Å². The van der Waals surface area contributed by atoms with Crippen molar-refractivity contribution in [2.45, 2.75) is 70.9 Å². The van der Waals surface area contributed by atoms with Crippen molar-refractivity contribution >= 4 is 5.78 Å². The topological polar surface area (TPSA) is 120 Å². The second-order valence-electron chi connectivity index (χ2n) is 11.3. The van der Waals surface area contributed by atoms with Gasteiger partial charge in [0.2, 0.25) is 5.78 Å². The number of unbranched alkanes of at least 4 members (excludes halogenated alkanes) is 1. The van der Waals surface area contributed by atoms with Crippen LogP contribution in [0.25, 0.3) is 28.3 Å². The predicted octanol–water partition coefficient (Wildman–Crippen LogP) is 4.96. The first-order valence-corrected chi connectivity index (χ1v) is 14.2. The van der Waals surface area contributed by atoms with Crippen molar-refractivity contribution in [1.29, 1.82) is 0 Å². The molecule has 1 aliphatic heterocycles. The molecule has 212 valence electrons. The fourth-order valence-corrected chi connectivity index (χ4v) is 5.90. The molecule has 0 spiro atoms. The first kappa shape index (κ1) is 26.9. The van der Waals surface area contributed by atoms with Crippen molar-refractivity contribution in [2.24, 2.45) is 0 Å². The molecule has 0 amide bonds. The second-order valence-corrected chi connectivity index (χ2v) is 11.3. The first-order valence-electron chi connectivity index (χ1n) is 14.2. The molecule has 1 atom stereocenters. The summed E-state index contributed by atoms with van der Waals surface area (Å²) in [6.45, 7) is 6.89. The lowest BCUT2D eigenvalue weighted by Crippen LogP contribution is -2.40. The van der Waals surface area contributed by atoms with E-state index in [-0.39, 0.29) is 17.2 Å². The fraction of sp³-hybridized carbons (Fsp3) is 0.387. The molecule has 6 rings (SSSR count). The minimum atomic E-state index is -0.594. The Bertz CT molecular complexity index is 1790. The number of fused-ring (bicyclic) bond motifs is 1. The Hall–Kier alpha value is -4.31. The predicted molar refractivity (Wildman–Crippen MR) is 155 cm³/mol. The Morgan fingerprint density at radius 3 is 2.56 bits per heavy atom. The number of hydrogen-bond acceptors (Lipinski definition) is 7. The lowest BCUT2D eigenvalue weighted by Gasteiger charge is -2.36. The monoisotopic (exact) mass is 554 g/mol.